The second-order valence-corrected chi connectivity index (χ2v) is 8.95. The number of aryl methyl sites for hydroxylation is 2. The summed E-state index contributed by atoms with van der Waals surface area (Å²) in [6.07, 6.45) is 4.10. The molecule has 1 aliphatic carbocycles. The lowest BCUT2D eigenvalue weighted by Gasteiger charge is -2.27. The largest absolute Gasteiger partial charge is 0.330 e. The van der Waals surface area contributed by atoms with E-state index in [1.807, 2.05) is 12.3 Å². The van der Waals surface area contributed by atoms with Gasteiger partial charge in [-0.2, -0.15) is 4.72 Å². The van der Waals surface area contributed by atoms with E-state index in [9.17, 15) is 18.0 Å². The van der Waals surface area contributed by atoms with Gasteiger partial charge in [-0.15, -0.1) is 11.3 Å². The third-order valence-electron chi connectivity index (χ3n) is 4.52. The third kappa shape index (κ3) is 3.09. The molecule has 0 radical (unpaired) electrons. The molecule has 10 heteroatoms. The molecule has 0 saturated heterocycles. The van der Waals surface area contributed by atoms with E-state index in [-0.39, 0.29) is 0 Å². The molecule has 0 unspecified atom stereocenters. The third-order valence-corrected chi connectivity index (χ3v) is 7.20. The fourth-order valence-electron chi connectivity index (χ4n) is 3.18. The van der Waals surface area contributed by atoms with E-state index in [0.29, 0.717) is 17.8 Å². The van der Waals surface area contributed by atoms with E-state index in [4.69, 9.17) is 0 Å². The van der Waals surface area contributed by atoms with E-state index in [0.717, 1.165) is 33.9 Å². The van der Waals surface area contributed by atoms with Gasteiger partial charge >= 0.3 is 5.69 Å². The van der Waals surface area contributed by atoms with E-state index < -0.39 is 31.7 Å². The standard InChI is InChI=1S/C15H20N4O4S2/c1-10-9-24-13(16-10)15(6-4-5-7-15)17-25(22,23)11-8-18(2)14(21)19(3)12(11)20/h8-9,17H,4-7H2,1-3H3. The van der Waals surface area contributed by atoms with Gasteiger partial charge in [0.2, 0.25) is 10.0 Å². The second kappa shape index (κ2) is 6.19. The summed E-state index contributed by atoms with van der Waals surface area (Å²) in [6.45, 7) is 1.86. The zero-order valence-electron chi connectivity index (χ0n) is 14.3. The Hall–Kier alpha value is -1.78. The van der Waals surface area contributed by atoms with Crippen molar-refractivity contribution >= 4 is 21.4 Å². The fourth-order valence-corrected chi connectivity index (χ4v) is 5.85. The minimum absolute atomic E-state index is 0.434. The van der Waals surface area contributed by atoms with E-state index in [2.05, 4.69) is 9.71 Å². The van der Waals surface area contributed by atoms with Crippen LogP contribution in [0.25, 0.3) is 0 Å². The van der Waals surface area contributed by atoms with Gasteiger partial charge in [-0.05, 0) is 19.8 Å². The molecule has 0 amide bonds. The Morgan fingerprint density at radius 2 is 1.88 bits per heavy atom. The van der Waals surface area contributed by atoms with Crippen molar-refractivity contribution in [1.29, 1.82) is 0 Å². The highest BCUT2D eigenvalue weighted by atomic mass is 32.2. The van der Waals surface area contributed by atoms with E-state index in [1.165, 1.54) is 25.4 Å². The van der Waals surface area contributed by atoms with Crippen LogP contribution in [0.2, 0.25) is 0 Å². The molecular formula is C15H20N4O4S2. The summed E-state index contributed by atoms with van der Waals surface area (Å²) in [6, 6.07) is 0. The van der Waals surface area contributed by atoms with Crippen molar-refractivity contribution in [3.63, 3.8) is 0 Å². The zero-order chi connectivity index (χ0) is 18.4. The number of thiazole rings is 1. The second-order valence-electron chi connectivity index (χ2n) is 6.44. The average Bonchev–Trinajstić information content (AvgIpc) is 3.18. The van der Waals surface area contributed by atoms with Gasteiger partial charge in [0.05, 0.1) is 5.54 Å². The Morgan fingerprint density at radius 1 is 1.24 bits per heavy atom. The summed E-state index contributed by atoms with van der Waals surface area (Å²) in [5.74, 6) is 0. The molecule has 1 fully saturated rings. The smallest absolute Gasteiger partial charge is 0.302 e. The lowest BCUT2D eigenvalue weighted by atomic mass is 10.0. The fraction of sp³-hybridized carbons (Fsp3) is 0.533. The monoisotopic (exact) mass is 384 g/mol. The summed E-state index contributed by atoms with van der Waals surface area (Å²) in [5, 5.41) is 2.60. The van der Waals surface area contributed by atoms with Crippen LogP contribution in [-0.2, 0) is 29.7 Å². The maximum Gasteiger partial charge on any atom is 0.330 e. The van der Waals surface area contributed by atoms with Crippen molar-refractivity contribution in [3.05, 3.63) is 43.1 Å². The van der Waals surface area contributed by atoms with Gasteiger partial charge in [-0.25, -0.2) is 18.2 Å². The first kappa shape index (κ1) is 18.0. The molecule has 136 valence electrons. The molecule has 0 atom stereocenters. The molecule has 1 aliphatic rings. The number of rotatable bonds is 4. The minimum atomic E-state index is -4.11. The summed E-state index contributed by atoms with van der Waals surface area (Å²) in [7, 11) is -1.43. The van der Waals surface area contributed by atoms with Gasteiger partial charge in [0, 0.05) is 31.4 Å². The van der Waals surface area contributed by atoms with Gasteiger partial charge in [0.25, 0.3) is 5.56 Å². The van der Waals surface area contributed by atoms with Crippen molar-refractivity contribution in [3.8, 4) is 0 Å². The molecule has 8 nitrogen and oxygen atoms in total. The molecule has 0 spiro atoms. The summed E-state index contributed by atoms with van der Waals surface area (Å²) >= 11 is 1.42. The maximum absolute atomic E-state index is 12.9. The van der Waals surface area contributed by atoms with Crippen LogP contribution in [0.5, 0.6) is 0 Å². The predicted octanol–water partition coefficient (Wildman–Crippen LogP) is 0.597. The van der Waals surface area contributed by atoms with Gasteiger partial charge < -0.3 is 4.57 Å². The van der Waals surface area contributed by atoms with Gasteiger partial charge in [-0.3, -0.25) is 9.36 Å². The highest BCUT2D eigenvalue weighted by Gasteiger charge is 2.42. The van der Waals surface area contributed by atoms with Crippen LogP contribution in [-0.4, -0.2) is 22.5 Å². The lowest BCUT2D eigenvalue weighted by Crippen LogP contribution is -2.47. The quantitative estimate of drug-likeness (QED) is 0.831. The molecule has 25 heavy (non-hydrogen) atoms. The van der Waals surface area contributed by atoms with Gasteiger partial charge in [0.1, 0.15) is 5.01 Å². The van der Waals surface area contributed by atoms with E-state index in [1.54, 1.807) is 0 Å². The normalized spacial score (nSPS) is 17.1. The number of nitrogens with zero attached hydrogens (tertiary/aromatic N) is 3. The Morgan fingerprint density at radius 3 is 2.44 bits per heavy atom. The van der Waals surface area contributed by atoms with Crippen LogP contribution in [0.15, 0.2) is 26.1 Å². The topological polar surface area (TPSA) is 103 Å². The summed E-state index contributed by atoms with van der Waals surface area (Å²) < 4.78 is 30.5. The summed E-state index contributed by atoms with van der Waals surface area (Å²) in [5.41, 5.74) is -1.37. The highest BCUT2D eigenvalue weighted by Crippen LogP contribution is 2.41. The van der Waals surface area contributed by atoms with Crippen LogP contribution in [0, 0.1) is 6.92 Å². The van der Waals surface area contributed by atoms with Crippen LogP contribution < -0.4 is 16.0 Å². The number of aromatic nitrogens is 3. The Kier molecular flexibility index (Phi) is 4.46. The molecule has 1 saturated carbocycles. The number of hydrogen-bond donors (Lipinski definition) is 1. The van der Waals surface area contributed by atoms with Crippen molar-refractivity contribution in [2.24, 2.45) is 14.1 Å². The van der Waals surface area contributed by atoms with Crippen LogP contribution >= 0.6 is 11.3 Å². The van der Waals surface area contributed by atoms with Gasteiger partial charge in [0.15, 0.2) is 4.90 Å². The first-order chi connectivity index (χ1) is 11.7. The molecule has 2 aromatic rings. The Balaban J connectivity index is 2.09. The van der Waals surface area contributed by atoms with Crippen LogP contribution in [0.3, 0.4) is 0 Å². The Bertz CT molecular complexity index is 1030. The van der Waals surface area contributed by atoms with Crippen LogP contribution in [0.4, 0.5) is 0 Å². The molecular weight excluding hydrogens is 364 g/mol. The molecule has 1 N–H and O–H groups in total. The van der Waals surface area contributed by atoms with Crippen molar-refractivity contribution in [2.75, 3.05) is 0 Å². The average molecular weight is 384 g/mol. The molecule has 3 rings (SSSR count). The lowest BCUT2D eigenvalue weighted by molar-refractivity contribution is 0.401. The molecule has 0 aromatic carbocycles. The van der Waals surface area contributed by atoms with Gasteiger partial charge in [-0.1, -0.05) is 12.8 Å². The molecule has 0 bridgehead atoms. The molecule has 0 aliphatic heterocycles. The number of sulfonamides is 1. The Labute approximate surface area is 149 Å². The van der Waals surface area contributed by atoms with Crippen molar-refractivity contribution in [2.45, 2.75) is 43.0 Å². The number of nitrogens with one attached hydrogen (secondary N) is 1. The zero-order valence-corrected chi connectivity index (χ0v) is 15.9. The predicted molar refractivity (Wildman–Crippen MR) is 94.2 cm³/mol. The first-order valence-corrected chi connectivity index (χ1v) is 10.3. The molecule has 2 heterocycles. The van der Waals surface area contributed by atoms with Crippen LogP contribution in [0.1, 0.15) is 36.4 Å². The summed E-state index contributed by atoms with van der Waals surface area (Å²) in [4.78, 5) is 28.2. The number of hydrogen-bond acceptors (Lipinski definition) is 6. The van der Waals surface area contributed by atoms with Crippen molar-refractivity contribution < 1.29 is 8.42 Å². The maximum atomic E-state index is 12.9. The molecule has 2 aromatic heterocycles. The minimum Gasteiger partial charge on any atom is -0.302 e. The van der Waals surface area contributed by atoms with E-state index >= 15 is 0 Å². The highest BCUT2D eigenvalue weighted by molar-refractivity contribution is 7.89. The SMILES string of the molecule is Cc1csc(C2(NS(=O)(=O)c3cn(C)c(=O)n(C)c3=O)CCCC2)n1. The van der Waals surface area contributed by atoms with Crippen molar-refractivity contribution in [1.82, 2.24) is 18.8 Å². The first-order valence-electron chi connectivity index (χ1n) is 7.89.